The Balaban J connectivity index is 1.92. The second-order valence-corrected chi connectivity index (χ2v) is 6.97. The summed E-state index contributed by atoms with van der Waals surface area (Å²) < 4.78 is 11.5. The molecule has 28 heavy (non-hydrogen) atoms. The molecule has 2 heterocycles. The van der Waals surface area contributed by atoms with E-state index in [1.165, 1.54) is 10.9 Å². The van der Waals surface area contributed by atoms with Crippen LogP contribution in [0.3, 0.4) is 0 Å². The van der Waals surface area contributed by atoms with Crippen LogP contribution in [0, 0.1) is 0 Å². The highest BCUT2D eigenvalue weighted by Gasteiger charge is 2.15. The summed E-state index contributed by atoms with van der Waals surface area (Å²) in [6.07, 6.45) is 1.48. The third-order valence-electron chi connectivity index (χ3n) is 3.39. The van der Waals surface area contributed by atoms with Crippen LogP contribution in [0.2, 0.25) is 0 Å². The van der Waals surface area contributed by atoms with Crippen molar-refractivity contribution < 1.29 is 19.1 Å². The van der Waals surface area contributed by atoms with E-state index in [9.17, 15) is 14.4 Å². The van der Waals surface area contributed by atoms with Crippen LogP contribution < -0.4 is 16.2 Å². The van der Waals surface area contributed by atoms with E-state index in [-0.39, 0.29) is 30.3 Å². The molecule has 0 bridgehead atoms. The number of H-pyrrole nitrogens is 1. The summed E-state index contributed by atoms with van der Waals surface area (Å²) >= 11 is 0. The number of nitrogens with zero attached hydrogens (tertiary/aromatic N) is 3. The second kappa shape index (κ2) is 9.20. The van der Waals surface area contributed by atoms with Crippen LogP contribution in [0.4, 0.5) is 10.7 Å². The standard InChI is InChI=1S/C17H26N6O5/c1-5-27-11(24)9-23-10-20-12-13(23)21-15(22-14(12)25)18-7-6-8-19-16(26)28-17(2,3)4/h10H,5-9H2,1-4H3,(H,19,26)(H2,18,21,22,25). The van der Waals surface area contributed by atoms with Crippen molar-refractivity contribution in [3.8, 4) is 0 Å². The van der Waals surface area contributed by atoms with E-state index in [1.807, 2.05) is 0 Å². The van der Waals surface area contributed by atoms with Crippen molar-refractivity contribution in [2.75, 3.05) is 25.0 Å². The number of aromatic amines is 1. The molecule has 0 saturated heterocycles. The van der Waals surface area contributed by atoms with Crippen molar-refractivity contribution in [3.63, 3.8) is 0 Å². The lowest BCUT2D eigenvalue weighted by atomic mass is 10.2. The molecule has 0 aromatic carbocycles. The molecule has 0 aliphatic carbocycles. The largest absolute Gasteiger partial charge is 0.465 e. The van der Waals surface area contributed by atoms with E-state index < -0.39 is 23.2 Å². The van der Waals surface area contributed by atoms with Crippen LogP contribution in [0.1, 0.15) is 34.1 Å². The van der Waals surface area contributed by atoms with Crippen molar-refractivity contribution in [1.82, 2.24) is 24.8 Å². The summed E-state index contributed by atoms with van der Waals surface area (Å²) in [7, 11) is 0. The monoisotopic (exact) mass is 394 g/mol. The molecule has 1 amide bonds. The summed E-state index contributed by atoms with van der Waals surface area (Å²) in [4.78, 5) is 46.2. The number of fused-ring (bicyclic) bond motifs is 1. The number of imidazole rings is 1. The highest BCUT2D eigenvalue weighted by Crippen LogP contribution is 2.08. The van der Waals surface area contributed by atoms with Crippen LogP contribution in [0.25, 0.3) is 11.2 Å². The number of hydrogen-bond acceptors (Lipinski definition) is 8. The summed E-state index contributed by atoms with van der Waals surface area (Å²) in [6.45, 7) is 8.12. The van der Waals surface area contributed by atoms with Crippen molar-refractivity contribution >= 4 is 29.2 Å². The summed E-state index contributed by atoms with van der Waals surface area (Å²) in [5.74, 6) is -0.188. The van der Waals surface area contributed by atoms with Gasteiger partial charge < -0.3 is 24.7 Å². The quantitative estimate of drug-likeness (QED) is 0.445. The smallest absolute Gasteiger partial charge is 0.407 e. The molecule has 11 heteroatoms. The van der Waals surface area contributed by atoms with Gasteiger partial charge in [0.05, 0.1) is 12.9 Å². The Morgan fingerprint density at radius 1 is 1.29 bits per heavy atom. The molecule has 0 fully saturated rings. The van der Waals surface area contributed by atoms with Crippen LogP contribution in [-0.2, 0) is 20.8 Å². The van der Waals surface area contributed by atoms with Gasteiger partial charge in [-0.1, -0.05) is 0 Å². The molecule has 0 unspecified atom stereocenters. The SMILES string of the molecule is CCOC(=O)Cn1cnc2c(=O)[nH]c(NCCCNC(=O)OC(C)(C)C)nc21. The fraction of sp³-hybridized carbons (Fsp3) is 0.588. The fourth-order valence-corrected chi connectivity index (χ4v) is 2.30. The highest BCUT2D eigenvalue weighted by atomic mass is 16.6. The maximum atomic E-state index is 12.1. The normalized spacial score (nSPS) is 11.3. The molecular formula is C17H26N6O5. The molecule has 0 aliphatic heterocycles. The average molecular weight is 394 g/mol. The third-order valence-corrected chi connectivity index (χ3v) is 3.39. The molecule has 0 saturated carbocycles. The van der Waals surface area contributed by atoms with Crippen LogP contribution in [0.5, 0.6) is 0 Å². The minimum atomic E-state index is -0.548. The van der Waals surface area contributed by atoms with E-state index >= 15 is 0 Å². The zero-order valence-electron chi connectivity index (χ0n) is 16.5. The van der Waals surface area contributed by atoms with Gasteiger partial charge in [0.15, 0.2) is 11.2 Å². The van der Waals surface area contributed by atoms with E-state index in [2.05, 4.69) is 25.6 Å². The minimum Gasteiger partial charge on any atom is -0.465 e. The number of hydrogen-bond donors (Lipinski definition) is 3. The molecule has 2 rings (SSSR count). The molecule has 11 nitrogen and oxygen atoms in total. The molecule has 0 radical (unpaired) electrons. The predicted octanol–water partition coefficient (Wildman–Crippen LogP) is 1.01. The molecule has 3 N–H and O–H groups in total. The Hall–Kier alpha value is -3.11. The molecular weight excluding hydrogens is 368 g/mol. The second-order valence-electron chi connectivity index (χ2n) is 6.97. The first-order chi connectivity index (χ1) is 13.2. The van der Waals surface area contributed by atoms with Crippen LogP contribution in [0.15, 0.2) is 11.1 Å². The van der Waals surface area contributed by atoms with E-state index in [4.69, 9.17) is 9.47 Å². The number of anilines is 1. The Bertz CT molecular complexity index is 882. The van der Waals surface area contributed by atoms with Gasteiger partial charge >= 0.3 is 12.1 Å². The molecule has 0 atom stereocenters. The number of carbonyl (C=O) groups excluding carboxylic acids is 2. The molecule has 2 aromatic rings. The molecule has 0 spiro atoms. The third kappa shape index (κ3) is 6.25. The summed E-state index contributed by atoms with van der Waals surface area (Å²) in [6, 6.07) is 0. The number of ether oxygens (including phenoxy) is 2. The topological polar surface area (TPSA) is 140 Å². The van der Waals surface area contributed by atoms with Gasteiger partial charge in [-0.25, -0.2) is 9.78 Å². The lowest BCUT2D eigenvalue weighted by Gasteiger charge is -2.19. The zero-order valence-corrected chi connectivity index (χ0v) is 16.5. The van der Waals surface area contributed by atoms with Gasteiger partial charge in [-0.05, 0) is 34.1 Å². The van der Waals surface area contributed by atoms with Crippen molar-refractivity contribution in [3.05, 3.63) is 16.7 Å². The number of nitrogens with one attached hydrogen (secondary N) is 3. The lowest BCUT2D eigenvalue weighted by molar-refractivity contribution is -0.143. The van der Waals surface area contributed by atoms with Gasteiger partial charge in [-0.3, -0.25) is 14.6 Å². The highest BCUT2D eigenvalue weighted by molar-refractivity contribution is 5.75. The Morgan fingerprint density at radius 3 is 2.71 bits per heavy atom. The van der Waals surface area contributed by atoms with E-state index in [1.54, 1.807) is 27.7 Å². The average Bonchev–Trinajstić information content (AvgIpc) is 2.96. The number of rotatable bonds is 8. The first-order valence-electron chi connectivity index (χ1n) is 9.01. The van der Waals surface area contributed by atoms with Crippen LogP contribution >= 0.6 is 0 Å². The predicted molar refractivity (Wildman–Crippen MR) is 102 cm³/mol. The van der Waals surface area contributed by atoms with E-state index in [0.717, 1.165) is 0 Å². The number of alkyl carbamates (subject to hydrolysis) is 1. The number of aromatic nitrogens is 4. The van der Waals surface area contributed by atoms with E-state index in [0.29, 0.717) is 19.5 Å². The molecule has 154 valence electrons. The summed E-state index contributed by atoms with van der Waals surface area (Å²) in [5, 5.41) is 5.63. The molecule has 0 aliphatic rings. The number of amides is 1. The van der Waals surface area contributed by atoms with Crippen molar-refractivity contribution in [1.29, 1.82) is 0 Å². The molecule has 2 aromatic heterocycles. The van der Waals surface area contributed by atoms with Gasteiger partial charge in [0, 0.05) is 13.1 Å². The van der Waals surface area contributed by atoms with Gasteiger partial charge in [-0.2, -0.15) is 4.98 Å². The van der Waals surface area contributed by atoms with Crippen molar-refractivity contribution in [2.24, 2.45) is 0 Å². The van der Waals surface area contributed by atoms with Gasteiger partial charge in [0.2, 0.25) is 5.95 Å². The maximum Gasteiger partial charge on any atom is 0.407 e. The first kappa shape index (κ1) is 21.2. The maximum absolute atomic E-state index is 12.1. The van der Waals surface area contributed by atoms with Gasteiger partial charge in [0.25, 0.3) is 5.56 Å². The lowest BCUT2D eigenvalue weighted by Crippen LogP contribution is -2.33. The first-order valence-corrected chi connectivity index (χ1v) is 9.01. The summed E-state index contributed by atoms with van der Waals surface area (Å²) in [5.41, 5.74) is -0.539. The number of carbonyl (C=O) groups is 2. The number of esters is 1. The minimum absolute atomic E-state index is 0.0833. The Kier molecular flexibility index (Phi) is 6.96. The van der Waals surface area contributed by atoms with Crippen molar-refractivity contribution in [2.45, 2.75) is 46.3 Å². The fourth-order valence-electron chi connectivity index (χ4n) is 2.30. The Labute approximate surface area is 161 Å². The van der Waals surface area contributed by atoms with Gasteiger partial charge in [-0.15, -0.1) is 0 Å². The zero-order chi connectivity index (χ0) is 20.7. The Morgan fingerprint density at radius 2 is 2.04 bits per heavy atom. The van der Waals surface area contributed by atoms with Crippen LogP contribution in [-0.4, -0.2) is 56.9 Å². The van der Waals surface area contributed by atoms with Gasteiger partial charge in [0.1, 0.15) is 12.1 Å².